The first kappa shape index (κ1) is 23.6. The molecular formula is C26H27ClN4O3. The Labute approximate surface area is 203 Å². The summed E-state index contributed by atoms with van der Waals surface area (Å²) in [6.07, 6.45) is 1.58. The lowest BCUT2D eigenvalue weighted by atomic mass is 10.0. The number of hydrogen-bond donors (Lipinski definition) is 1. The number of aromatic nitrogens is 3. The molecule has 2 aromatic heterocycles. The monoisotopic (exact) mass is 478 g/mol. The molecule has 0 aliphatic rings. The average Bonchev–Trinajstić information content (AvgIpc) is 3.44. The number of rotatable bonds is 8. The van der Waals surface area contributed by atoms with Crippen LogP contribution in [0.25, 0.3) is 0 Å². The van der Waals surface area contributed by atoms with E-state index in [9.17, 15) is 4.79 Å². The summed E-state index contributed by atoms with van der Waals surface area (Å²) in [6.45, 7) is 8.90. The summed E-state index contributed by atoms with van der Waals surface area (Å²) >= 11 is 6.27. The molecule has 1 N–H and O–H groups in total. The van der Waals surface area contributed by atoms with E-state index < -0.39 is 5.91 Å². The average molecular weight is 479 g/mol. The van der Waals surface area contributed by atoms with Gasteiger partial charge in [0, 0.05) is 5.02 Å². The molecule has 8 heteroatoms. The highest BCUT2D eigenvalue weighted by molar-refractivity contribution is 6.31. The Hall–Kier alpha value is -3.58. The summed E-state index contributed by atoms with van der Waals surface area (Å²) in [4.78, 5) is 16.8. The van der Waals surface area contributed by atoms with E-state index in [-0.39, 0.29) is 24.2 Å². The number of furan rings is 1. The highest BCUT2D eigenvalue weighted by Crippen LogP contribution is 2.32. The lowest BCUT2D eigenvalue weighted by molar-refractivity contribution is 0.0991. The Morgan fingerprint density at radius 1 is 1.18 bits per heavy atom. The predicted octanol–water partition coefficient (Wildman–Crippen LogP) is 6.14. The van der Waals surface area contributed by atoms with Crippen LogP contribution in [0.5, 0.6) is 5.75 Å². The van der Waals surface area contributed by atoms with Crippen molar-refractivity contribution in [1.29, 1.82) is 0 Å². The molecule has 0 spiro atoms. The lowest BCUT2D eigenvalue weighted by Gasteiger charge is -2.15. The quantitative estimate of drug-likeness (QED) is 0.328. The van der Waals surface area contributed by atoms with E-state index >= 15 is 0 Å². The fourth-order valence-electron chi connectivity index (χ4n) is 3.56. The number of anilines is 1. The smallest absolute Gasteiger partial charge is 0.293 e. The Morgan fingerprint density at radius 3 is 2.76 bits per heavy atom. The molecule has 0 fully saturated rings. The molecule has 0 radical (unpaired) electrons. The number of hydrogen-bond acceptors (Lipinski definition) is 5. The minimum Gasteiger partial charge on any atom is -0.485 e. The molecule has 0 aliphatic carbocycles. The molecular weight excluding hydrogens is 452 g/mol. The standard InChI is InChI=1S/C26H27ClN4O3/c1-16(2)21-12-22(27)18(4)11-24(21)33-14-20-8-9-23(34-20)25(32)29-26-28-15-31(30-26)13-19-7-5-6-17(3)10-19/h5-12,15-16H,13-14H2,1-4H3,(H,29,30,32). The lowest BCUT2D eigenvalue weighted by Crippen LogP contribution is -2.12. The number of halogens is 1. The van der Waals surface area contributed by atoms with Crippen LogP contribution in [-0.4, -0.2) is 20.7 Å². The largest absolute Gasteiger partial charge is 0.485 e. The maximum Gasteiger partial charge on any atom is 0.293 e. The van der Waals surface area contributed by atoms with E-state index in [2.05, 4.69) is 35.3 Å². The summed E-state index contributed by atoms with van der Waals surface area (Å²) in [5, 5.41) is 7.70. The second-order valence-corrected chi connectivity index (χ2v) is 8.96. The Morgan fingerprint density at radius 2 is 2.00 bits per heavy atom. The van der Waals surface area contributed by atoms with Crippen molar-refractivity contribution >= 4 is 23.5 Å². The third-order valence-electron chi connectivity index (χ3n) is 5.36. The number of aryl methyl sites for hydroxylation is 2. The molecule has 176 valence electrons. The van der Waals surface area contributed by atoms with Crippen molar-refractivity contribution < 1.29 is 13.9 Å². The molecule has 7 nitrogen and oxygen atoms in total. The second-order valence-electron chi connectivity index (χ2n) is 8.56. The molecule has 0 saturated carbocycles. The summed E-state index contributed by atoms with van der Waals surface area (Å²) < 4.78 is 13.3. The minimum atomic E-state index is -0.426. The van der Waals surface area contributed by atoms with E-state index in [1.54, 1.807) is 23.1 Å². The van der Waals surface area contributed by atoms with Gasteiger partial charge in [0.15, 0.2) is 5.76 Å². The van der Waals surface area contributed by atoms with Crippen LogP contribution in [0.1, 0.15) is 58.3 Å². The first-order chi connectivity index (χ1) is 16.3. The van der Waals surface area contributed by atoms with Crippen molar-refractivity contribution in [2.24, 2.45) is 0 Å². The number of carbonyl (C=O) groups excluding carboxylic acids is 1. The molecule has 1 amide bonds. The van der Waals surface area contributed by atoms with E-state index in [1.165, 1.54) is 5.56 Å². The van der Waals surface area contributed by atoms with Gasteiger partial charge in [-0.3, -0.25) is 10.1 Å². The van der Waals surface area contributed by atoms with Gasteiger partial charge in [-0.25, -0.2) is 9.67 Å². The van der Waals surface area contributed by atoms with Crippen LogP contribution in [0, 0.1) is 13.8 Å². The highest BCUT2D eigenvalue weighted by atomic mass is 35.5. The summed E-state index contributed by atoms with van der Waals surface area (Å²) in [5.41, 5.74) is 4.24. The third kappa shape index (κ3) is 5.66. The zero-order chi connectivity index (χ0) is 24.2. The molecule has 4 aromatic rings. The van der Waals surface area contributed by atoms with E-state index in [1.807, 2.05) is 44.2 Å². The Balaban J connectivity index is 1.37. The van der Waals surface area contributed by atoms with Crippen LogP contribution in [0.3, 0.4) is 0 Å². The zero-order valence-corrected chi connectivity index (χ0v) is 20.4. The predicted molar refractivity (Wildman–Crippen MR) is 132 cm³/mol. The van der Waals surface area contributed by atoms with E-state index in [0.717, 1.165) is 22.4 Å². The van der Waals surface area contributed by atoms with Crippen molar-refractivity contribution in [3.63, 3.8) is 0 Å². The SMILES string of the molecule is Cc1cccc(Cn2cnc(NC(=O)c3ccc(COc4cc(C)c(Cl)cc4C(C)C)o3)n2)c1. The van der Waals surface area contributed by atoms with Crippen LogP contribution >= 0.6 is 11.6 Å². The van der Waals surface area contributed by atoms with Crippen LogP contribution < -0.4 is 10.1 Å². The molecule has 0 atom stereocenters. The molecule has 0 bridgehead atoms. The van der Waals surface area contributed by atoms with Gasteiger partial charge in [-0.2, -0.15) is 0 Å². The van der Waals surface area contributed by atoms with Gasteiger partial charge >= 0.3 is 0 Å². The van der Waals surface area contributed by atoms with Crippen molar-refractivity contribution in [3.8, 4) is 5.75 Å². The van der Waals surface area contributed by atoms with Crippen molar-refractivity contribution in [2.45, 2.75) is 46.8 Å². The number of nitrogens with zero attached hydrogens (tertiary/aromatic N) is 3. The molecule has 0 aliphatic heterocycles. The first-order valence-corrected chi connectivity index (χ1v) is 11.4. The fraction of sp³-hybridized carbons (Fsp3) is 0.269. The van der Waals surface area contributed by atoms with Gasteiger partial charge < -0.3 is 9.15 Å². The summed E-state index contributed by atoms with van der Waals surface area (Å²) in [6, 6.07) is 15.3. The van der Waals surface area contributed by atoms with Crippen molar-refractivity contribution in [2.75, 3.05) is 5.32 Å². The van der Waals surface area contributed by atoms with Gasteiger partial charge in [0.05, 0.1) is 6.54 Å². The molecule has 4 rings (SSSR count). The Kier molecular flexibility index (Phi) is 7.03. The number of benzene rings is 2. The van der Waals surface area contributed by atoms with Gasteiger partial charge in [-0.15, -0.1) is 5.10 Å². The van der Waals surface area contributed by atoms with Gasteiger partial charge in [0.2, 0.25) is 5.95 Å². The molecule has 0 unspecified atom stereocenters. The molecule has 2 aromatic carbocycles. The second kappa shape index (κ2) is 10.1. The topological polar surface area (TPSA) is 82.2 Å². The number of carbonyl (C=O) groups is 1. The first-order valence-electron chi connectivity index (χ1n) is 11.1. The van der Waals surface area contributed by atoms with Crippen molar-refractivity contribution in [1.82, 2.24) is 14.8 Å². The highest BCUT2D eigenvalue weighted by Gasteiger charge is 2.16. The van der Waals surface area contributed by atoms with Crippen molar-refractivity contribution in [3.05, 3.63) is 93.7 Å². The number of amides is 1. The Bertz CT molecular complexity index is 1310. The molecule has 2 heterocycles. The number of nitrogens with one attached hydrogen (secondary N) is 1. The minimum absolute atomic E-state index is 0.157. The summed E-state index contributed by atoms with van der Waals surface area (Å²) in [5.74, 6) is 1.48. The summed E-state index contributed by atoms with van der Waals surface area (Å²) in [7, 11) is 0. The van der Waals surface area contributed by atoms with Gasteiger partial charge in [0.25, 0.3) is 5.91 Å². The van der Waals surface area contributed by atoms with Gasteiger partial charge in [0.1, 0.15) is 24.4 Å². The fourth-order valence-corrected chi connectivity index (χ4v) is 3.73. The van der Waals surface area contributed by atoms with Crippen LogP contribution in [0.15, 0.2) is 59.3 Å². The number of ether oxygens (including phenoxy) is 1. The molecule has 0 saturated heterocycles. The zero-order valence-electron chi connectivity index (χ0n) is 19.6. The van der Waals surface area contributed by atoms with Gasteiger partial charge in [-0.1, -0.05) is 55.3 Å². The van der Waals surface area contributed by atoms with Gasteiger partial charge in [-0.05, 0) is 60.7 Å². The molecule has 34 heavy (non-hydrogen) atoms. The normalized spacial score (nSPS) is 11.1. The van der Waals surface area contributed by atoms with E-state index in [4.69, 9.17) is 20.8 Å². The van der Waals surface area contributed by atoms with E-state index in [0.29, 0.717) is 17.3 Å². The van der Waals surface area contributed by atoms with Crippen LogP contribution in [0.2, 0.25) is 5.02 Å². The third-order valence-corrected chi connectivity index (χ3v) is 5.76. The van der Waals surface area contributed by atoms with Crippen LogP contribution in [-0.2, 0) is 13.2 Å². The maximum absolute atomic E-state index is 12.6. The van der Waals surface area contributed by atoms with Crippen LogP contribution in [0.4, 0.5) is 5.95 Å². The maximum atomic E-state index is 12.6.